The van der Waals surface area contributed by atoms with Crippen LogP contribution in [-0.4, -0.2) is 29.9 Å². The highest BCUT2D eigenvalue weighted by Gasteiger charge is 2.24. The molecular weight excluding hydrogens is 380 g/mol. The fourth-order valence-electron chi connectivity index (χ4n) is 2.38. The highest BCUT2D eigenvalue weighted by molar-refractivity contribution is 6.33. The Labute approximate surface area is 169 Å². The maximum Gasteiger partial charge on any atom is 0.329 e. The van der Waals surface area contributed by atoms with Crippen LogP contribution in [0.25, 0.3) is 0 Å². The third-order valence-corrected chi connectivity index (χ3v) is 4.44. The minimum Gasteiger partial charge on any atom is -0.451 e. The van der Waals surface area contributed by atoms with E-state index in [-0.39, 0.29) is 10.6 Å². The molecular formula is C21H23ClN2O4. The maximum absolute atomic E-state index is 12.2. The van der Waals surface area contributed by atoms with Gasteiger partial charge in [0.2, 0.25) is 0 Å². The van der Waals surface area contributed by atoms with Crippen molar-refractivity contribution in [2.75, 3.05) is 5.32 Å². The van der Waals surface area contributed by atoms with Crippen molar-refractivity contribution in [1.82, 2.24) is 5.32 Å². The molecule has 0 bridgehead atoms. The Morgan fingerprint density at radius 2 is 1.68 bits per heavy atom. The first-order chi connectivity index (χ1) is 13.3. The first-order valence-corrected chi connectivity index (χ1v) is 9.35. The number of anilines is 1. The Morgan fingerprint density at radius 3 is 2.29 bits per heavy atom. The molecule has 0 saturated heterocycles. The number of benzene rings is 2. The van der Waals surface area contributed by atoms with E-state index in [1.165, 1.54) is 13.8 Å². The quantitative estimate of drug-likeness (QED) is 0.693. The lowest BCUT2D eigenvalue weighted by Gasteiger charge is -2.18. The number of carbonyl (C=O) groups excluding carboxylic acids is 3. The molecule has 2 rings (SSSR count). The summed E-state index contributed by atoms with van der Waals surface area (Å²) < 4.78 is 5.16. The summed E-state index contributed by atoms with van der Waals surface area (Å²) in [5, 5.41) is 5.48. The number of rotatable bonds is 7. The van der Waals surface area contributed by atoms with Crippen molar-refractivity contribution in [3.05, 3.63) is 64.7 Å². The van der Waals surface area contributed by atoms with Crippen LogP contribution in [0.15, 0.2) is 48.5 Å². The van der Waals surface area contributed by atoms with Gasteiger partial charge in [0.05, 0.1) is 10.6 Å². The van der Waals surface area contributed by atoms with Crippen LogP contribution in [0.1, 0.15) is 36.7 Å². The van der Waals surface area contributed by atoms with Crippen molar-refractivity contribution in [1.29, 1.82) is 0 Å². The van der Waals surface area contributed by atoms with Crippen molar-refractivity contribution in [2.45, 2.75) is 39.3 Å². The molecule has 0 aliphatic carbocycles. The SMILES string of the molecule is CCc1ccc(NC(=O)[C@@H](C)OC(=O)[C@H](C)NC(=O)c2ccccc2Cl)cc1. The Bertz CT molecular complexity index is 852. The average Bonchev–Trinajstić information content (AvgIpc) is 2.68. The number of halogens is 1. The lowest BCUT2D eigenvalue weighted by atomic mass is 10.1. The number of amides is 2. The molecule has 28 heavy (non-hydrogen) atoms. The highest BCUT2D eigenvalue weighted by Crippen LogP contribution is 2.15. The second-order valence-electron chi connectivity index (χ2n) is 6.29. The van der Waals surface area contributed by atoms with E-state index in [4.69, 9.17) is 16.3 Å². The van der Waals surface area contributed by atoms with E-state index >= 15 is 0 Å². The van der Waals surface area contributed by atoms with Crippen LogP contribution in [0.2, 0.25) is 5.02 Å². The van der Waals surface area contributed by atoms with E-state index in [0.29, 0.717) is 5.69 Å². The molecule has 0 aromatic heterocycles. The molecule has 2 amide bonds. The Hall–Kier alpha value is -2.86. The van der Waals surface area contributed by atoms with Crippen LogP contribution in [-0.2, 0) is 20.7 Å². The van der Waals surface area contributed by atoms with Gasteiger partial charge in [-0.15, -0.1) is 0 Å². The molecule has 2 atom stereocenters. The molecule has 0 fully saturated rings. The first-order valence-electron chi connectivity index (χ1n) is 8.97. The number of hydrogen-bond donors (Lipinski definition) is 2. The van der Waals surface area contributed by atoms with E-state index in [2.05, 4.69) is 10.6 Å². The molecule has 0 heterocycles. The molecule has 148 valence electrons. The van der Waals surface area contributed by atoms with Crippen LogP contribution in [0.4, 0.5) is 5.69 Å². The number of ether oxygens (including phenoxy) is 1. The zero-order chi connectivity index (χ0) is 20.7. The van der Waals surface area contributed by atoms with Crippen LogP contribution >= 0.6 is 11.6 Å². The smallest absolute Gasteiger partial charge is 0.329 e. The third-order valence-electron chi connectivity index (χ3n) is 4.11. The van der Waals surface area contributed by atoms with Gasteiger partial charge in [0.1, 0.15) is 6.04 Å². The van der Waals surface area contributed by atoms with E-state index in [0.717, 1.165) is 12.0 Å². The second-order valence-corrected chi connectivity index (χ2v) is 6.70. The average molecular weight is 403 g/mol. The molecule has 0 aliphatic rings. The van der Waals surface area contributed by atoms with Gasteiger partial charge in [0, 0.05) is 5.69 Å². The molecule has 0 radical (unpaired) electrons. The van der Waals surface area contributed by atoms with Gasteiger partial charge in [0.15, 0.2) is 6.10 Å². The number of hydrogen-bond acceptors (Lipinski definition) is 4. The highest BCUT2D eigenvalue weighted by atomic mass is 35.5. The molecule has 0 spiro atoms. The van der Waals surface area contributed by atoms with Gasteiger partial charge in [-0.3, -0.25) is 9.59 Å². The van der Waals surface area contributed by atoms with E-state index in [9.17, 15) is 14.4 Å². The summed E-state index contributed by atoms with van der Waals surface area (Å²) in [6.07, 6.45) is -0.113. The molecule has 2 aromatic rings. The van der Waals surface area contributed by atoms with Crippen molar-refractivity contribution < 1.29 is 19.1 Å². The predicted molar refractivity (Wildman–Crippen MR) is 108 cm³/mol. The monoisotopic (exact) mass is 402 g/mol. The van der Waals surface area contributed by atoms with E-state index in [1.807, 2.05) is 19.1 Å². The van der Waals surface area contributed by atoms with Crippen LogP contribution in [0.3, 0.4) is 0 Å². The van der Waals surface area contributed by atoms with Crippen molar-refractivity contribution in [3.8, 4) is 0 Å². The molecule has 6 nitrogen and oxygen atoms in total. The fraction of sp³-hybridized carbons (Fsp3) is 0.286. The summed E-state index contributed by atoms with van der Waals surface area (Å²) in [5.41, 5.74) is 2.02. The summed E-state index contributed by atoms with van der Waals surface area (Å²) in [5.74, 6) is -1.67. The minimum atomic E-state index is -1.02. The van der Waals surface area contributed by atoms with Crippen LogP contribution in [0, 0.1) is 0 Å². The zero-order valence-corrected chi connectivity index (χ0v) is 16.7. The van der Waals surface area contributed by atoms with Gasteiger partial charge >= 0.3 is 5.97 Å². The largest absolute Gasteiger partial charge is 0.451 e. The normalized spacial score (nSPS) is 12.6. The molecule has 2 N–H and O–H groups in total. The van der Waals surface area contributed by atoms with E-state index in [1.54, 1.807) is 36.4 Å². The predicted octanol–water partition coefficient (Wildman–Crippen LogP) is 3.59. The van der Waals surface area contributed by atoms with Gasteiger partial charge in [-0.1, -0.05) is 42.8 Å². The van der Waals surface area contributed by atoms with Gasteiger partial charge in [0.25, 0.3) is 11.8 Å². The van der Waals surface area contributed by atoms with Crippen molar-refractivity contribution >= 4 is 35.1 Å². The van der Waals surface area contributed by atoms with Gasteiger partial charge in [-0.25, -0.2) is 4.79 Å². The van der Waals surface area contributed by atoms with Gasteiger partial charge in [-0.2, -0.15) is 0 Å². The number of nitrogens with one attached hydrogen (secondary N) is 2. The summed E-state index contributed by atoms with van der Waals surface area (Å²) in [7, 11) is 0. The fourth-order valence-corrected chi connectivity index (χ4v) is 2.60. The number of esters is 1. The second kappa shape index (κ2) is 9.90. The maximum atomic E-state index is 12.2. The first kappa shape index (κ1) is 21.4. The summed E-state index contributed by atoms with van der Waals surface area (Å²) in [6.45, 7) is 4.99. The van der Waals surface area contributed by atoms with Gasteiger partial charge < -0.3 is 15.4 Å². The molecule has 0 unspecified atom stereocenters. The Morgan fingerprint density at radius 1 is 1.04 bits per heavy atom. The lowest BCUT2D eigenvalue weighted by Crippen LogP contribution is -2.42. The summed E-state index contributed by atoms with van der Waals surface area (Å²) in [4.78, 5) is 36.6. The molecule has 7 heteroatoms. The Balaban J connectivity index is 1.88. The van der Waals surface area contributed by atoms with Crippen LogP contribution < -0.4 is 10.6 Å². The standard InChI is InChI=1S/C21H23ClN2O4/c1-4-15-9-11-16(12-10-15)24-19(25)14(3)28-21(27)13(2)23-20(26)17-7-5-6-8-18(17)22/h5-14H,4H2,1-3H3,(H,23,26)(H,24,25)/t13-,14+/m0/s1. The topological polar surface area (TPSA) is 84.5 Å². The molecule has 0 aliphatic heterocycles. The molecule has 0 saturated carbocycles. The number of aryl methyl sites for hydroxylation is 1. The zero-order valence-electron chi connectivity index (χ0n) is 16.0. The Kier molecular flexibility index (Phi) is 7.58. The van der Waals surface area contributed by atoms with Crippen LogP contribution in [0.5, 0.6) is 0 Å². The summed E-state index contributed by atoms with van der Waals surface area (Å²) in [6, 6.07) is 13.0. The van der Waals surface area contributed by atoms with Gasteiger partial charge in [-0.05, 0) is 50.1 Å². The number of carbonyl (C=O) groups is 3. The van der Waals surface area contributed by atoms with Crippen molar-refractivity contribution in [3.63, 3.8) is 0 Å². The third kappa shape index (κ3) is 5.82. The molecule has 2 aromatic carbocycles. The minimum absolute atomic E-state index is 0.255. The summed E-state index contributed by atoms with van der Waals surface area (Å²) >= 11 is 5.97. The van der Waals surface area contributed by atoms with E-state index < -0.39 is 29.9 Å². The van der Waals surface area contributed by atoms with Crippen molar-refractivity contribution in [2.24, 2.45) is 0 Å². The lowest BCUT2D eigenvalue weighted by molar-refractivity contribution is -0.154.